The van der Waals surface area contributed by atoms with Crippen LogP contribution in [0.3, 0.4) is 0 Å². The van der Waals surface area contributed by atoms with Gasteiger partial charge in [-0.1, -0.05) is 18.2 Å². The van der Waals surface area contributed by atoms with E-state index in [1.54, 1.807) is 0 Å². The quantitative estimate of drug-likeness (QED) is 0.314. The van der Waals surface area contributed by atoms with Crippen LogP contribution in [0.2, 0.25) is 0 Å². The zero-order valence-corrected chi connectivity index (χ0v) is 9.49. The van der Waals surface area contributed by atoms with Crippen LogP contribution in [0.15, 0.2) is 24.8 Å². The molecule has 0 spiro atoms. The number of hydrogen-bond donors (Lipinski definition) is 0. The minimum Gasteiger partial charge on any atom is -0.381 e. The van der Waals surface area contributed by atoms with Crippen LogP contribution in [0, 0.1) is 0 Å². The van der Waals surface area contributed by atoms with E-state index in [1.165, 1.54) is 6.42 Å². The van der Waals surface area contributed by atoms with Crippen molar-refractivity contribution in [2.24, 2.45) is 0 Å². The van der Waals surface area contributed by atoms with E-state index in [9.17, 15) is 0 Å². The first-order valence-corrected chi connectivity index (χ1v) is 5.90. The second-order valence-corrected chi connectivity index (χ2v) is 3.84. The molecule has 0 saturated carbocycles. The second-order valence-electron chi connectivity index (χ2n) is 3.84. The van der Waals surface area contributed by atoms with Crippen molar-refractivity contribution in [1.29, 1.82) is 0 Å². The lowest BCUT2D eigenvalue weighted by Gasteiger charge is -2.01. The fourth-order valence-corrected chi connectivity index (χ4v) is 1.31. The van der Waals surface area contributed by atoms with E-state index in [4.69, 9.17) is 9.47 Å². The van der Waals surface area contributed by atoms with Gasteiger partial charge in [0.05, 0.1) is 12.7 Å². The highest BCUT2D eigenvalue weighted by atomic mass is 16.6. The van der Waals surface area contributed by atoms with Crippen molar-refractivity contribution in [3.05, 3.63) is 24.8 Å². The van der Waals surface area contributed by atoms with Gasteiger partial charge in [0.25, 0.3) is 0 Å². The van der Waals surface area contributed by atoms with Crippen LogP contribution in [-0.2, 0) is 9.47 Å². The molecule has 0 aliphatic carbocycles. The molecule has 0 aromatic heterocycles. The number of ether oxygens (including phenoxy) is 2. The Hall–Kier alpha value is -0.600. The molecule has 0 aromatic rings. The molecular formula is C13H22O2. The van der Waals surface area contributed by atoms with Crippen molar-refractivity contribution in [3.8, 4) is 0 Å². The molecule has 1 saturated heterocycles. The summed E-state index contributed by atoms with van der Waals surface area (Å²) in [5, 5.41) is 0. The van der Waals surface area contributed by atoms with Gasteiger partial charge in [-0.2, -0.15) is 0 Å². The molecule has 1 aliphatic rings. The molecular weight excluding hydrogens is 188 g/mol. The first-order chi connectivity index (χ1) is 7.43. The van der Waals surface area contributed by atoms with Crippen molar-refractivity contribution < 1.29 is 9.47 Å². The van der Waals surface area contributed by atoms with E-state index in [-0.39, 0.29) is 0 Å². The van der Waals surface area contributed by atoms with Crippen LogP contribution in [0.1, 0.15) is 32.1 Å². The summed E-state index contributed by atoms with van der Waals surface area (Å²) in [6.45, 7) is 6.37. The van der Waals surface area contributed by atoms with Crippen molar-refractivity contribution >= 4 is 0 Å². The zero-order valence-electron chi connectivity index (χ0n) is 9.49. The maximum atomic E-state index is 5.50. The van der Waals surface area contributed by atoms with E-state index in [2.05, 4.69) is 18.7 Å². The molecule has 86 valence electrons. The Balaban J connectivity index is 1.70. The number of unbranched alkanes of at least 4 members (excludes halogenated alkanes) is 3. The van der Waals surface area contributed by atoms with E-state index in [1.807, 2.05) is 6.08 Å². The van der Waals surface area contributed by atoms with Gasteiger partial charge in [0.15, 0.2) is 0 Å². The standard InChI is InChI=1S/C13H22O2/c1-2-3-4-7-10-14-11-8-5-6-9-13-12-15-13/h2,6,9,13H,1,3-5,7-8,10-12H2/b9-6+. The molecule has 0 bridgehead atoms. The molecule has 0 aromatic carbocycles. The van der Waals surface area contributed by atoms with Gasteiger partial charge in [-0.05, 0) is 32.1 Å². The van der Waals surface area contributed by atoms with Crippen LogP contribution in [0.5, 0.6) is 0 Å². The minimum absolute atomic E-state index is 0.421. The number of epoxide rings is 1. The van der Waals surface area contributed by atoms with Gasteiger partial charge >= 0.3 is 0 Å². The second kappa shape index (κ2) is 8.69. The fraction of sp³-hybridized carbons (Fsp3) is 0.692. The number of allylic oxidation sites excluding steroid dienone is 2. The fourth-order valence-electron chi connectivity index (χ4n) is 1.31. The molecule has 2 heteroatoms. The third kappa shape index (κ3) is 8.40. The molecule has 1 aliphatic heterocycles. The Morgan fingerprint density at radius 1 is 1.20 bits per heavy atom. The van der Waals surface area contributed by atoms with E-state index < -0.39 is 0 Å². The summed E-state index contributed by atoms with van der Waals surface area (Å²) in [4.78, 5) is 0. The van der Waals surface area contributed by atoms with Crippen LogP contribution in [-0.4, -0.2) is 25.9 Å². The first kappa shape index (κ1) is 12.5. The van der Waals surface area contributed by atoms with Gasteiger partial charge < -0.3 is 9.47 Å². The van der Waals surface area contributed by atoms with Crippen LogP contribution in [0.25, 0.3) is 0 Å². The van der Waals surface area contributed by atoms with Gasteiger partial charge in [0.1, 0.15) is 0 Å². The van der Waals surface area contributed by atoms with E-state index >= 15 is 0 Å². The van der Waals surface area contributed by atoms with Crippen molar-refractivity contribution in [1.82, 2.24) is 0 Å². The monoisotopic (exact) mass is 210 g/mol. The molecule has 0 radical (unpaired) electrons. The Bertz CT molecular complexity index is 183. The summed E-state index contributed by atoms with van der Waals surface area (Å²) < 4.78 is 10.6. The van der Waals surface area contributed by atoms with Crippen molar-refractivity contribution in [2.75, 3.05) is 19.8 Å². The molecule has 1 fully saturated rings. The predicted molar refractivity (Wildman–Crippen MR) is 63.0 cm³/mol. The van der Waals surface area contributed by atoms with Crippen molar-refractivity contribution in [3.63, 3.8) is 0 Å². The normalized spacial score (nSPS) is 19.6. The number of hydrogen-bond acceptors (Lipinski definition) is 2. The third-order valence-electron chi connectivity index (χ3n) is 2.32. The van der Waals surface area contributed by atoms with Crippen LogP contribution >= 0.6 is 0 Å². The summed E-state index contributed by atoms with van der Waals surface area (Å²) in [5.41, 5.74) is 0. The highest BCUT2D eigenvalue weighted by Gasteiger charge is 2.17. The van der Waals surface area contributed by atoms with Gasteiger partial charge in [-0.15, -0.1) is 6.58 Å². The molecule has 1 unspecified atom stereocenters. The summed E-state index contributed by atoms with van der Waals surface area (Å²) in [5.74, 6) is 0. The summed E-state index contributed by atoms with van der Waals surface area (Å²) >= 11 is 0. The van der Waals surface area contributed by atoms with Gasteiger partial charge in [-0.3, -0.25) is 0 Å². The SMILES string of the molecule is C=CCCCCOCCC/C=C/C1CO1. The van der Waals surface area contributed by atoms with E-state index in [0.717, 1.165) is 45.5 Å². The molecule has 1 heterocycles. The number of rotatable bonds is 10. The maximum absolute atomic E-state index is 5.50. The average molecular weight is 210 g/mol. The minimum atomic E-state index is 0.421. The van der Waals surface area contributed by atoms with Crippen LogP contribution in [0.4, 0.5) is 0 Å². The lowest BCUT2D eigenvalue weighted by molar-refractivity contribution is 0.129. The smallest absolute Gasteiger partial charge is 0.0991 e. The van der Waals surface area contributed by atoms with Gasteiger partial charge in [-0.25, -0.2) is 0 Å². The third-order valence-corrected chi connectivity index (χ3v) is 2.32. The Labute approximate surface area is 93.0 Å². The topological polar surface area (TPSA) is 21.8 Å². The van der Waals surface area contributed by atoms with Crippen LogP contribution < -0.4 is 0 Å². The van der Waals surface area contributed by atoms with E-state index in [0.29, 0.717) is 6.10 Å². The van der Waals surface area contributed by atoms with Gasteiger partial charge in [0, 0.05) is 13.2 Å². The predicted octanol–water partition coefficient (Wildman–Crippen LogP) is 3.09. The largest absolute Gasteiger partial charge is 0.381 e. The maximum Gasteiger partial charge on any atom is 0.0991 e. The molecule has 2 nitrogen and oxygen atoms in total. The molecule has 0 amide bonds. The van der Waals surface area contributed by atoms with Gasteiger partial charge in [0.2, 0.25) is 0 Å². The summed E-state index contributed by atoms with van der Waals surface area (Å²) in [6, 6.07) is 0. The molecule has 15 heavy (non-hydrogen) atoms. The lowest BCUT2D eigenvalue weighted by Crippen LogP contribution is -1.96. The summed E-state index contributed by atoms with van der Waals surface area (Å²) in [6.07, 6.45) is 12.4. The Kier molecular flexibility index (Phi) is 7.22. The zero-order chi connectivity index (χ0) is 10.8. The summed E-state index contributed by atoms with van der Waals surface area (Å²) in [7, 11) is 0. The average Bonchev–Trinajstić information content (AvgIpc) is 3.05. The molecule has 0 N–H and O–H groups in total. The Morgan fingerprint density at radius 3 is 2.73 bits per heavy atom. The highest BCUT2D eigenvalue weighted by molar-refractivity contribution is 4.95. The van der Waals surface area contributed by atoms with Crippen molar-refractivity contribution in [2.45, 2.75) is 38.2 Å². The molecule has 1 atom stereocenters. The lowest BCUT2D eigenvalue weighted by atomic mass is 10.2. The highest BCUT2D eigenvalue weighted by Crippen LogP contribution is 2.10. The molecule has 1 rings (SSSR count). The first-order valence-electron chi connectivity index (χ1n) is 5.90. The Morgan fingerprint density at radius 2 is 2.00 bits per heavy atom.